The summed E-state index contributed by atoms with van der Waals surface area (Å²) in [6.07, 6.45) is 1.03. The molecular weight excluding hydrogens is 385 g/mol. The Labute approximate surface area is 166 Å². The highest BCUT2D eigenvalue weighted by molar-refractivity contribution is 6.28. The van der Waals surface area contributed by atoms with E-state index in [2.05, 4.69) is 25.4 Å². The zero-order chi connectivity index (χ0) is 20.5. The second-order valence-corrected chi connectivity index (χ2v) is 7.67. The second-order valence-electron chi connectivity index (χ2n) is 7.33. The number of aromatic nitrogens is 4. The van der Waals surface area contributed by atoms with Gasteiger partial charge in [-0.3, -0.25) is 4.79 Å². The first-order valence-electron chi connectivity index (χ1n) is 8.55. The molecule has 1 aromatic carbocycles. The van der Waals surface area contributed by atoms with Crippen LogP contribution in [0.15, 0.2) is 28.9 Å². The molecule has 0 saturated carbocycles. The number of nitrogens with one attached hydrogen (secondary N) is 1. The molecule has 3 aromatic rings. The van der Waals surface area contributed by atoms with E-state index >= 15 is 0 Å². The number of nitrogens with zero attached hydrogens (tertiary/aromatic N) is 4. The van der Waals surface area contributed by atoms with Crippen molar-refractivity contribution in [3.8, 4) is 11.3 Å². The maximum atomic E-state index is 14.0. The molecule has 2 heterocycles. The fraction of sp³-hybridized carbons (Fsp3) is 0.316. The molecule has 0 saturated heterocycles. The van der Waals surface area contributed by atoms with E-state index in [0.29, 0.717) is 11.4 Å². The third-order valence-corrected chi connectivity index (χ3v) is 4.24. The number of aryl methyl sites for hydroxylation is 1. The number of amides is 1. The highest BCUT2D eigenvalue weighted by Crippen LogP contribution is 2.24. The molecule has 0 radical (unpaired) electrons. The van der Waals surface area contributed by atoms with E-state index in [1.165, 1.54) is 0 Å². The fourth-order valence-corrected chi connectivity index (χ4v) is 2.59. The van der Waals surface area contributed by atoms with Crippen molar-refractivity contribution in [1.29, 1.82) is 0 Å². The van der Waals surface area contributed by atoms with Crippen LogP contribution in [0.5, 0.6) is 0 Å². The highest BCUT2D eigenvalue weighted by Gasteiger charge is 2.23. The monoisotopic (exact) mass is 403 g/mol. The van der Waals surface area contributed by atoms with Crippen LogP contribution < -0.4 is 5.32 Å². The quantitative estimate of drug-likeness (QED) is 0.665. The number of rotatable bonds is 4. The van der Waals surface area contributed by atoms with E-state index < -0.39 is 11.7 Å². The number of hydrogen-bond acceptors (Lipinski definition) is 6. The van der Waals surface area contributed by atoms with Crippen molar-refractivity contribution < 1.29 is 13.7 Å². The van der Waals surface area contributed by atoms with Crippen LogP contribution in [0.3, 0.4) is 0 Å². The van der Waals surface area contributed by atoms with E-state index in [1.54, 1.807) is 18.2 Å². The van der Waals surface area contributed by atoms with Gasteiger partial charge in [-0.25, -0.2) is 14.4 Å². The molecule has 2 aromatic heterocycles. The zero-order valence-corrected chi connectivity index (χ0v) is 16.6. The largest absolute Gasteiger partial charge is 0.344 e. The lowest BCUT2D eigenvalue weighted by molar-refractivity contribution is 0.0907. The highest BCUT2D eigenvalue weighted by atomic mass is 35.5. The van der Waals surface area contributed by atoms with Crippen LogP contribution in [0.25, 0.3) is 11.3 Å². The molecule has 0 atom stereocenters. The number of carbonyl (C=O) groups is 1. The van der Waals surface area contributed by atoms with Crippen LogP contribution in [-0.4, -0.2) is 26.0 Å². The molecule has 1 amide bonds. The molecule has 0 aliphatic heterocycles. The minimum Gasteiger partial charge on any atom is -0.344 e. The topological polar surface area (TPSA) is 93.8 Å². The summed E-state index contributed by atoms with van der Waals surface area (Å²) in [6.45, 7) is 7.90. The second kappa shape index (κ2) is 7.63. The van der Waals surface area contributed by atoms with Crippen molar-refractivity contribution in [2.24, 2.45) is 0 Å². The number of halogens is 2. The van der Waals surface area contributed by atoms with Crippen LogP contribution in [-0.2, 0) is 12.0 Å². The molecule has 1 N–H and O–H groups in total. The smallest absolute Gasteiger partial charge is 0.315 e. The molecule has 0 aliphatic rings. The number of carbonyl (C=O) groups excluding carboxylic acids is 1. The van der Waals surface area contributed by atoms with Crippen LogP contribution >= 0.6 is 11.6 Å². The molecule has 0 spiro atoms. The number of benzene rings is 1. The Kier molecular flexibility index (Phi) is 5.42. The third kappa shape index (κ3) is 4.33. The van der Waals surface area contributed by atoms with Crippen molar-refractivity contribution in [2.75, 3.05) is 0 Å². The summed E-state index contributed by atoms with van der Waals surface area (Å²) in [5.41, 5.74) is 2.09. The summed E-state index contributed by atoms with van der Waals surface area (Å²) in [5, 5.41) is 6.55. The van der Waals surface area contributed by atoms with Gasteiger partial charge in [-0.05, 0) is 35.7 Å². The van der Waals surface area contributed by atoms with Gasteiger partial charge in [0.2, 0.25) is 5.28 Å². The lowest BCUT2D eigenvalue weighted by Gasteiger charge is -2.11. The minimum atomic E-state index is -0.559. The van der Waals surface area contributed by atoms with Gasteiger partial charge in [-0.15, -0.1) is 0 Å². The molecule has 0 bridgehead atoms. The third-order valence-electron chi connectivity index (χ3n) is 4.06. The summed E-state index contributed by atoms with van der Waals surface area (Å²) in [6, 6.07) is 5.27. The predicted molar refractivity (Wildman–Crippen MR) is 101 cm³/mol. The number of hydrogen-bond donors (Lipinski definition) is 1. The zero-order valence-electron chi connectivity index (χ0n) is 15.9. The van der Waals surface area contributed by atoms with E-state index in [0.717, 1.165) is 17.3 Å². The van der Waals surface area contributed by atoms with Crippen LogP contribution in [0.2, 0.25) is 5.28 Å². The van der Waals surface area contributed by atoms with Gasteiger partial charge >= 0.3 is 11.8 Å². The SMILES string of the molecule is Cc1cc(-c2nc(Cl)ncc2F)ccc1CNC(=O)c1nc(C(C)(C)C)no1. The Morgan fingerprint density at radius 3 is 2.68 bits per heavy atom. The Balaban J connectivity index is 1.72. The average molecular weight is 404 g/mol. The maximum absolute atomic E-state index is 14.0. The van der Waals surface area contributed by atoms with Crippen LogP contribution in [0, 0.1) is 12.7 Å². The van der Waals surface area contributed by atoms with Gasteiger partial charge in [0, 0.05) is 17.5 Å². The Morgan fingerprint density at radius 2 is 2.04 bits per heavy atom. The van der Waals surface area contributed by atoms with Gasteiger partial charge in [-0.1, -0.05) is 38.1 Å². The summed E-state index contributed by atoms with van der Waals surface area (Å²) in [4.78, 5) is 23.9. The van der Waals surface area contributed by atoms with Crippen molar-refractivity contribution >= 4 is 17.5 Å². The first-order valence-corrected chi connectivity index (χ1v) is 8.93. The molecule has 0 aliphatic carbocycles. The predicted octanol–water partition coefficient (Wildman–Crippen LogP) is 3.86. The molecule has 3 rings (SSSR count). The standard InChI is InChI=1S/C19H19ClFN5O2/c1-10-7-11(14-13(21)9-23-18(20)24-14)5-6-12(10)8-22-15(27)16-25-17(26-28-16)19(2,3)4/h5-7,9H,8H2,1-4H3,(H,22,27). The fourth-order valence-electron chi connectivity index (χ4n) is 2.46. The lowest BCUT2D eigenvalue weighted by atomic mass is 9.96. The van der Waals surface area contributed by atoms with Gasteiger partial charge in [0.25, 0.3) is 0 Å². The normalized spacial score (nSPS) is 11.5. The summed E-state index contributed by atoms with van der Waals surface area (Å²) in [7, 11) is 0. The summed E-state index contributed by atoms with van der Waals surface area (Å²) in [5.74, 6) is -0.642. The Hall–Kier alpha value is -2.87. The molecule has 28 heavy (non-hydrogen) atoms. The van der Waals surface area contributed by atoms with Gasteiger partial charge in [0.1, 0.15) is 5.69 Å². The van der Waals surface area contributed by atoms with Crippen molar-refractivity contribution in [3.63, 3.8) is 0 Å². The Bertz CT molecular complexity index is 1030. The van der Waals surface area contributed by atoms with Crippen molar-refractivity contribution in [3.05, 3.63) is 58.3 Å². The van der Waals surface area contributed by atoms with Crippen molar-refractivity contribution in [1.82, 2.24) is 25.4 Å². The first kappa shape index (κ1) is 19.9. The molecule has 0 fully saturated rings. The van der Waals surface area contributed by atoms with Crippen molar-refractivity contribution in [2.45, 2.75) is 39.7 Å². The summed E-state index contributed by atoms with van der Waals surface area (Å²) < 4.78 is 19.0. The van der Waals surface area contributed by atoms with Gasteiger partial charge in [0.15, 0.2) is 11.6 Å². The first-order chi connectivity index (χ1) is 13.1. The molecule has 0 unspecified atom stereocenters. The molecule has 146 valence electrons. The lowest BCUT2D eigenvalue weighted by Crippen LogP contribution is -2.24. The molecular formula is C19H19ClFN5O2. The average Bonchev–Trinajstić information content (AvgIpc) is 3.13. The van der Waals surface area contributed by atoms with Crippen LogP contribution in [0.4, 0.5) is 4.39 Å². The maximum Gasteiger partial charge on any atom is 0.315 e. The van der Waals surface area contributed by atoms with Gasteiger partial charge in [0.05, 0.1) is 6.20 Å². The van der Waals surface area contributed by atoms with E-state index in [9.17, 15) is 9.18 Å². The summed E-state index contributed by atoms with van der Waals surface area (Å²) >= 11 is 5.75. The molecule has 9 heteroatoms. The van der Waals surface area contributed by atoms with Gasteiger partial charge in [-0.2, -0.15) is 4.98 Å². The van der Waals surface area contributed by atoms with E-state index in [4.69, 9.17) is 16.1 Å². The minimum absolute atomic E-state index is 0.0282. The van der Waals surface area contributed by atoms with E-state index in [1.807, 2.05) is 27.7 Å². The van der Waals surface area contributed by atoms with Crippen LogP contribution in [0.1, 0.15) is 48.4 Å². The molecule has 7 nitrogen and oxygen atoms in total. The van der Waals surface area contributed by atoms with E-state index in [-0.39, 0.29) is 28.8 Å². The Morgan fingerprint density at radius 1 is 1.29 bits per heavy atom. The van der Waals surface area contributed by atoms with Gasteiger partial charge < -0.3 is 9.84 Å².